The zero-order valence-corrected chi connectivity index (χ0v) is 10.0. The summed E-state index contributed by atoms with van der Waals surface area (Å²) in [7, 11) is 0. The lowest BCUT2D eigenvalue weighted by Crippen LogP contribution is -2.11. The van der Waals surface area contributed by atoms with Gasteiger partial charge >= 0.3 is 0 Å². The summed E-state index contributed by atoms with van der Waals surface area (Å²) < 4.78 is 0.939. The Hall–Kier alpha value is -1.20. The maximum absolute atomic E-state index is 11.7. The van der Waals surface area contributed by atoms with Gasteiger partial charge in [-0.2, -0.15) is 0 Å². The fraction of sp³-hybridized carbons (Fsp3) is 0. The van der Waals surface area contributed by atoms with Gasteiger partial charge in [0.1, 0.15) is 5.82 Å². The van der Waals surface area contributed by atoms with Crippen LogP contribution in [0, 0.1) is 0 Å². The lowest BCUT2D eigenvalue weighted by atomic mass is 10.3. The fourth-order valence-electron chi connectivity index (χ4n) is 1.05. The van der Waals surface area contributed by atoms with Gasteiger partial charge in [-0.1, -0.05) is 6.07 Å². The normalized spacial score (nSPS) is 9.93. The van der Waals surface area contributed by atoms with Crippen molar-refractivity contribution in [2.45, 2.75) is 0 Å². The number of hydrogen-bond acceptors (Lipinski definition) is 3. The van der Waals surface area contributed by atoms with Crippen LogP contribution < -0.4 is 5.32 Å². The number of hydrogen-bond donors (Lipinski definition) is 1. The molecule has 2 rings (SSSR count). The van der Waals surface area contributed by atoms with Crippen molar-refractivity contribution in [1.82, 2.24) is 4.98 Å². The summed E-state index contributed by atoms with van der Waals surface area (Å²) in [6.07, 6.45) is 1.64. The highest BCUT2D eigenvalue weighted by molar-refractivity contribution is 9.11. The molecule has 0 aliphatic heterocycles. The molecule has 0 aliphatic rings. The van der Waals surface area contributed by atoms with Crippen LogP contribution >= 0.6 is 27.3 Å². The molecule has 76 valence electrons. The minimum absolute atomic E-state index is 0.143. The number of aromatic nitrogens is 1. The van der Waals surface area contributed by atoms with Crippen LogP contribution in [0.25, 0.3) is 0 Å². The van der Waals surface area contributed by atoms with E-state index in [1.807, 2.05) is 6.07 Å². The van der Waals surface area contributed by atoms with Gasteiger partial charge in [0.2, 0.25) is 0 Å². The second-order valence-corrected chi connectivity index (χ2v) is 5.10. The fourth-order valence-corrected chi connectivity index (χ4v) is 2.19. The van der Waals surface area contributed by atoms with Crippen molar-refractivity contribution in [3.8, 4) is 0 Å². The smallest absolute Gasteiger partial charge is 0.257 e. The highest BCUT2D eigenvalue weighted by atomic mass is 79.9. The predicted molar refractivity (Wildman–Crippen MR) is 64.2 cm³/mol. The molecule has 1 N–H and O–H groups in total. The van der Waals surface area contributed by atoms with Crippen molar-refractivity contribution in [2.24, 2.45) is 0 Å². The van der Waals surface area contributed by atoms with Gasteiger partial charge in [0.25, 0.3) is 5.91 Å². The van der Waals surface area contributed by atoms with Gasteiger partial charge in [-0.15, -0.1) is 11.3 Å². The van der Waals surface area contributed by atoms with E-state index in [9.17, 15) is 4.79 Å². The lowest BCUT2D eigenvalue weighted by molar-refractivity contribution is 0.102. The first-order chi connectivity index (χ1) is 7.25. The Balaban J connectivity index is 2.11. The van der Waals surface area contributed by atoms with E-state index < -0.39 is 0 Å². The van der Waals surface area contributed by atoms with Crippen molar-refractivity contribution >= 4 is 39.0 Å². The highest BCUT2D eigenvalue weighted by Crippen LogP contribution is 2.21. The molecule has 0 saturated carbocycles. The van der Waals surface area contributed by atoms with Crippen LogP contribution in [0.3, 0.4) is 0 Å². The Labute approximate surface area is 99.3 Å². The number of anilines is 1. The Morgan fingerprint density at radius 1 is 1.47 bits per heavy atom. The zero-order valence-electron chi connectivity index (χ0n) is 7.61. The quantitative estimate of drug-likeness (QED) is 0.919. The Morgan fingerprint density at radius 2 is 2.33 bits per heavy atom. The molecule has 2 aromatic rings. The van der Waals surface area contributed by atoms with Crippen molar-refractivity contribution < 1.29 is 4.79 Å². The predicted octanol–water partition coefficient (Wildman–Crippen LogP) is 3.16. The molecule has 5 heteroatoms. The van der Waals surface area contributed by atoms with Crippen LogP contribution in [0.2, 0.25) is 0 Å². The average Bonchev–Trinajstić information content (AvgIpc) is 2.66. The standard InChI is InChI=1S/C10H7BrN2OS/c11-8-5-7(6-15-8)10(14)13-9-3-1-2-4-12-9/h1-6H,(H,12,13,14). The summed E-state index contributed by atoms with van der Waals surface area (Å²) in [5, 5.41) is 4.50. The molecule has 0 saturated heterocycles. The minimum atomic E-state index is -0.143. The molecule has 15 heavy (non-hydrogen) atoms. The van der Waals surface area contributed by atoms with Crippen LogP contribution in [-0.2, 0) is 0 Å². The van der Waals surface area contributed by atoms with Crippen LogP contribution in [0.4, 0.5) is 5.82 Å². The summed E-state index contributed by atoms with van der Waals surface area (Å²) in [5.74, 6) is 0.417. The highest BCUT2D eigenvalue weighted by Gasteiger charge is 2.07. The third kappa shape index (κ3) is 2.64. The number of rotatable bonds is 2. The number of nitrogens with one attached hydrogen (secondary N) is 1. The molecule has 0 aliphatic carbocycles. The van der Waals surface area contributed by atoms with Gasteiger partial charge in [0.15, 0.2) is 0 Å². The Kier molecular flexibility index (Phi) is 3.13. The zero-order chi connectivity index (χ0) is 10.7. The molecule has 0 bridgehead atoms. The Morgan fingerprint density at radius 3 is 2.93 bits per heavy atom. The van der Waals surface area contributed by atoms with Gasteiger partial charge in [-0.3, -0.25) is 4.79 Å². The van der Waals surface area contributed by atoms with E-state index in [1.54, 1.807) is 29.8 Å². The van der Waals surface area contributed by atoms with E-state index in [4.69, 9.17) is 0 Å². The first-order valence-electron chi connectivity index (χ1n) is 4.22. The maximum Gasteiger partial charge on any atom is 0.257 e. The van der Waals surface area contributed by atoms with Crippen molar-refractivity contribution in [3.63, 3.8) is 0 Å². The molecule has 0 spiro atoms. The van der Waals surface area contributed by atoms with E-state index >= 15 is 0 Å². The molecule has 1 amide bonds. The lowest BCUT2D eigenvalue weighted by Gasteiger charge is -2.00. The third-order valence-electron chi connectivity index (χ3n) is 1.74. The van der Waals surface area contributed by atoms with Crippen molar-refractivity contribution in [1.29, 1.82) is 0 Å². The van der Waals surface area contributed by atoms with E-state index in [0.717, 1.165) is 3.79 Å². The van der Waals surface area contributed by atoms with Crippen molar-refractivity contribution in [3.05, 3.63) is 45.2 Å². The molecule has 0 radical (unpaired) electrons. The molecular weight excluding hydrogens is 276 g/mol. The topological polar surface area (TPSA) is 42.0 Å². The molecule has 2 aromatic heterocycles. The van der Waals surface area contributed by atoms with Gasteiger partial charge in [-0.05, 0) is 34.1 Å². The monoisotopic (exact) mass is 282 g/mol. The van der Waals surface area contributed by atoms with E-state index in [1.165, 1.54) is 11.3 Å². The molecule has 0 unspecified atom stereocenters. The molecule has 3 nitrogen and oxygen atoms in total. The van der Waals surface area contributed by atoms with E-state index in [2.05, 4.69) is 26.2 Å². The van der Waals surface area contributed by atoms with Gasteiger partial charge in [0.05, 0.1) is 9.35 Å². The van der Waals surface area contributed by atoms with Crippen LogP contribution in [0.15, 0.2) is 39.6 Å². The van der Waals surface area contributed by atoms with E-state index in [-0.39, 0.29) is 5.91 Å². The average molecular weight is 283 g/mol. The number of carbonyl (C=O) groups is 1. The largest absolute Gasteiger partial charge is 0.307 e. The van der Waals surface area contributed by atoms with Gasteiger partial charge in [-0.25, -0.2) is 4.98 Å². The number of halogens is 1. The first-order valence-corrected chi connectivity index (χ1v) is 5.89. The first kappa shape index (κ1) is 10.3. The number of pyridine rings is 1. The second kappa shape index (κ2) is 4.55. The van der Waals surface area contributed by atoms with Gasteiger partial charge in [0, 0.05) is 11.6 Å². The van der Waals surface area contributed by atoms with Crippen LogP contribution in [-0.4, -0.2) is 10.9 Å². The molecule has 0 fully saturated rings. The minimum Gasteiger partial charge on any atom is -0.307 e. The number of carbonyl (C=O) groups excluding carboxylic acids is 1. The van der Waals surface area contributed by atoms with Crippen molar-refractivity contribution in [2.75, 3.05) is 5.32 Å². The van der Waals surface area contributed by atoms with E-state index in [0.29, 0.717) is 11.4 Å². The SMILES string of the molecule is O=C(Nc1ccccn1)c1csc(Br)c1. The summed E-state index contributed by atoms with van der Waals surface area (Å²) in [5.41, 5.74) is 0.637. The van der Waals surface area contributed by atoms with Gasteiger partial charge < -0.3 is 5.32 Å². The molecule has 0 atom stereocenters. The number of nitrogens with zero attached hydrogens (tertiary/aromatic N) is 1. The van der Waals surface area contributed by atoms with Crippen LogP contribution in [0.1, 0.15) is 10.4 Å². The summed E-state index contributed by atoms with van der Waals surface area (Å²) in [4.78, 5) is 15.7. The van der Waals surface area contributed by atoms with Crippen LogP contribution in [0.5, 0.6) is 0 Å². The molecular formula is C10H7BrN2OS. The third-order valence-corrected chi connectivity index (χ3v) is 3.24. The number of thiophene rings is 1. The molecule has 0 aromatic carbocycles. The Bertz CT molecular complexity index is 469. The summed E-state index contributed by atoms with van der Waals surface area (Å²) in [6, 6.07) is 7.16. The second-order valence-electron chi connectivity index (χ2n) is 2.81. The molecule has 2 heterocycles. The maximum atomic E-state index is 11.7. The number of amides is 1. The summed E-state index contributed by atoms with van der Waals surface area (Å²) >= 11 is 4.79. The summed E-state index contributed by atoms with van der Waals surface area (Å²) in [6.45, 7) is 0.